The third kappa shape index (κ3) is 3.99. The van der Waals surface area contributed by atoms with Crippen molar-refractivity contribution in [3.05, 3.63) is 21.0 Å². The molecule has 8 heteroatoms. The van der Waals surface area contributed by atoms with E-state index in [-0.39, 0.29) is 23.2 Å². The van der Waals surface area contributed by atoms with Gasteiger partial charge in [-0.25, -0.2) is 0 Å². The zero-order chi connectivity index (χ0) is 13.1. The zero-order valence-electron chi connectivity index (χ0n) is 8.18. The third-order valence-corrected chi connectivity index (χ3v) is 3.25. The fourth-order valence-electron chi connectivity index (χ4n) is 1.12. The maximum Gasteiger partial charge on any atom is 0.573 e. The molecule has 17 heavy (non-hydrogen) atoms. The number of hydrogen-bond donors (Lipinski definition) is 0. The van der Waals surface area contributed by atoms with Crippen LogP contribution >= 0.6 is 38.5 Å². The predicted octanol–water partition coefficient (Wildman–Crippen LogP) is 3.55. The predicted molar refractivity (Wildman–Crippen MR) is 65.6 cm³/mol. The van der Waals surface area contributed by atoms with Crippen molar-refractivity contribution in [2.45, 2.75) is 18.1 Å². The van der Waals surface area contributed by atoms with Crippen LogP contribution in [0.4, 0.5) is 13.2 Å². The summed E-state index contributed by atoms with van der Waals surface area (Å²) in [5.41, 5.74) is 0.322. The molecule has 0 aromatic carbocycles. The van der Waals surface area contributed by atoms with Crippen molar-refractivity contribution in [3.63, 3.8) is 0 Å². The molecular weight excluding hydrogens is 416 g/mol. The molecule has 0 atom stereocenters. The SMILES string of the molecule is N#CCc1ncc(I)c(CBr)c1OC(F)(F)F. The van der Waals surface area contributed by atoms with E-state index >= 15 is 0 Å². The Labute approximate surface area is 117 Å². The molecule has 0 aliphatic carbocycles. The van der Waals surface area contributed by atoms with Crippen LogP contribution in [0.3, 0.4) is 0 Å². The van der Waals surface area contributed by atoms with E-state index in [1.54, 1.807) is 6.07 Å². The van der Waals surface area contributed by atoms with Gasteiger partial charge in [0.1, 0.15) is 0 Å². The van der Waals surface area contributed by atoms with Crippen LogP contribution in [0, 0.1) is 14.9 Å². The van der Waals surface area contributed by atoms with Crippen molar-refractivity contribution in [2.75, 3.05) is 0 Å². The van der Waals surface area contributed by atoms with Gasteiger partial charge in [0.25, 0.3) is 0 Å². The largest absolute Gasteiger partial charge is 0.573 e. The van der Waals surface area contributed by atoms with Crippen LogP contribution in [0.2, 0.25) is 0 Å². The van der Waals surface area contributed by atoms with E-state index in [1.165, 1.54) is 6.20 Å². The van der Waals surface area contributed by atoms with Gasteiger partial charge >= 0.3 is 6.36 Å². The van der Waals surface area contributed by atoms with Gasteiger partial charge in [-0.1, -0.05) is 15.9 Å². The highest BCUT2D eigenvalue weighted by Gasteiger charge is 2.34. The first-order valence-electron chi connectivity index (χ1n) is 4.24. The van der Waals surface area contributed by atoms with Gasteiger partial charge in [-0.3, -0.25) is 4.98 Å². The van der Waals surface area contributed by atoms with E-state index in [2.05, 4.69) is 25.7 Å². The average Bonchev–Trinajstić information content (AvgIpc) is 2.21. The molecule has 0 aliphatic heterocycles. The standard InChI is InChI=1S/C9H5BrF3IN2O/c10-3-5-6(14)4-16-7(1-2-15)8(5)17-9(11,12)13/h4H,1,3H2. The second-order valence-corrected chi connectivity index (χ2v) is 4.60. The lowest BCUT2D eigenvalue weighted by Gasteiger charge is -2.15. The van der Waals surface area contributed by atoms with Crippen molar-refractivity contribution >= 4 is 38.5 Å². The number of ether oxygens (including phenoxy) is 1. The maximum absolute atomic E-state index is 12.3. The monoisotopic (exact) mass is 420 g/mol. The van der Waals surface area contributed by atoms with E-state index < -0.39 is 6.36 Å². The van der Waals surface area contributed by atoms with Gasteiger partial charge in [0.15, 0.2) is 5.75 Å². The molecule has 0 spiro atoms. The summed E-state index contributed by atoms with van der Waals surface area (Å²) < 4.78 is 41.3. The summed E-state index contributed by atoms with van der Waals surface area (Å²) in [4.78, 5) is 3.78. The first-order valence-corrected chi connectivity index (χ1v) is 6.44. The molecule has 1 rings (SSSR count). The number of halogens is 5. The van der Waals surface area contributed by atoms with E-state index in [0.717, 1.165) is 0 Å². The minimum absolute atomic E-state index is 0.0142. The molecule has 0 saturated carbocycles. The Morgan fingerprint density at radius 2 is 2.18 bits per heavy atom. The van der Waals surface area contributed by atoms with Gasteiger partial charge in [0, 0.05) is 20.7 Å². The molecule has 0 aliphatic rings. The third-order valence-electron chi connectivity index (χ3n) is 1.76. The van der Waals surface area contributed by atoms with Crippen LogP contribution in [0.25, 0.3) is 0 Å². The molecule has 0 unspecified atom stereocenters. The van der Waals surface area contributed by atoms with Crippen molar-refractivity contribution in [2.24, 2.45) is 0 Å². The van der Waals surface area contributed by atoms with Gasteiger partial charge in [-0.2, -0.15) is 5.26 Å². The Balaban J connectivity index is 3.29. The minimum atomic E-state index is -4.80. The molecule has 0 fully saturated rings. The Hall–Kier alpha value is -0.560. The number of nitrogens with zero attached hydrogens (tertiary/aromatic N) is 2. The Bertz CT molecular complexity index is 459. The number of rotatable bonds is 3. The highest BCUT2D eigenvalue weighted by Crippen LogP contribution is 2.33. The molecule has 1 aromatic heterocycles. The number of alkyl halides is 4. The summed E-state index contributed by atoms with van der Waals surface area (Å²) in [5, 5.41) is 8.73. The molecule has 0 N–H and O–H groups in total. The Morgan fingerprint density at radius 3 is 2.65 bits per heavy atom. The van der Waals surface area contributed by atoms with E-state index in [1.807, 2.05) is 22.6 Å². The summed E-state index contributed by atoms with van der Waals surface area (Å²) in [7, 11) is 0. The number of hydrogen-bond acceptors (Lipinski definition) is 3. The number of aromatic nitrogens is 1. The molecule has 0 saturated heterocycles. The Morgan fingerprint density at radius 1 is 1.53 bits per heavy atom. The zero-order valence-corrected chi connectivity index (χ0v) is 11.9. The van der Waals surface area contributed by atoms with Crippen molar-refractivity contribution in [1.82, 2.24) is 4.98 Å². The van der Waals surface area contributed by atoms with Crippen molar-refractivity contribution < 1.29 is 17.9 Å². The molecule has 0 amide bonds. The van der Waals surface area contributed by atoms with E-state index in [4.69, 9.17) is 5.26 Å². The second kappa shape index (κ2) is 5.86. The summed E-state index contributed by atoms with van der Waals surface area (Å²) in [5.74, 6) is -0.386. The molecule has 1 heterocycles. The normalized spacial score (nSPS) is 11.1. The molecule has 0 radical (unpaired) electrons. The summed E-state index contributed by atoms with van der Waals surface area (Å²) in [6.07, 6.45) is -3.62. The molecule has 1 aromatic rings. The molecule has 3 nitrogen and oxygen atoms in total. The fraction of sp³-hybridized carbons (Fsp3) is 0.333. The first kappa shape index (κ1) is 14.5. The topological polar surface area (TPSA) is 45.9 Å². The van der Waals surface area contributed by atoms with Crippen LogP contribution < -0.4 is 4.74 Å². The van der Waals surface area contributed by atoms with Crippen LogP contribution in [0.5, 0.6) is 5.75 Å². The molecular formula is C9H5BrF3IN2O. The average molecular weight is 421 g/mol. The highest BCUT2D eigenvalue weighted by molar-refractivity contribution is 14.1. The Kier molecular flexibility index (Phi) is 5.00. The second-order valence-electron chi connectivity index (χ2n) is 2.88. The summed E-state index contributed by atoms with van der Waals surface area (Å²) >= 11 is 4.95. The minimum Gasteiger partial charge on any atom is -0.403 e. The van der Waals surface area contributed by atoms with Gasteiger partial charge in [-0.15, -0.1) is 13.2 Å². The summed E-state index contributed by atoms with van der Waals surface area (Å²) in [6.45, 7) is 0. The lowest BCUT2D eigenvalue weighted by Crippen LogP contribution is -2.20. The molecule has 0 bridgehead atoms. The van der Waals surface area contributed by atoms with Crippen LogP contribution in [-0.2, 0) is 11.8 Å². The van der Waals surface area contributed by atoms with Crippen molar-refractivity contribution in [3.8, 4) is 11.8 Å². The van der Waals surface area contributed by atoms with E-state index in [9.17, 15) is 13.2 Å². The maximum atomic E-state index is 12.3. The van der Waals surface area contributed by atoms with Crippen molar-refractivity contribution in [1.29, 1.82) is 5.26 Å². The van der Waals surface area contributed by atoms with Gasteiger partial charge in [0.05, 0.1) is 18.2 Å². The lowest BCUT2D eigenvalue weighted by atomic mass is 10.2. The van der Waals surface area contributed by atoms with Crippen LogP contribution in [0.1, 0.15) is 11.3 Å². The fourth-order valence-corrected chi connectivity index (χ4v) is 2.77. The van der Waals surface area contributed by atoms with Gasteiger partial charge in [0.2, 0.25) is 0 Å². The number of nitriles is 1. The van der Waals surface area contributed by atoms with Gasteiger partial charge < -0.3 is 4.74 Å². The van der Waals surface area contributed by atoms with E-state index in [0.29, 0.717) is 9.13 Å². The first-order chi connectivity index (χ1) is 7.89. The van der Waals surface area contributed by atoms with Crippen LogP contribution in [0.15, 0.2) is 6.20 Å². The quantitative estimate of drug-likeness (QED) is 0.555. The highest BCUT2D eigenvalue weighted by atomic mass is 127. The van der Waals surface area contributed by atoms with Crippen LogP contribution in [-0.4, -0.2) is 11.3 Å². The lowest BCUT2D eigenvalue weighted by molar-refractivity contribution is -0.275. The smallest absolute Gasteiger partial charge is 0.403 e. The van der Waals surface area contributed by atoms with Gasteiger partial charge in [-0.05, 0) is 22.6 Å². The summed E-state index contributed by atoms with van der Waals surface area (Å²) in [6, 6.07) is 1.75. The number of pyridine rings is 1. The molecule has 92 valence electrons.